The van der Waals surface area contributed by atoms with Crippen molar-refractivity contribution in [3.8, 4) is 0 Å². The van der Waals surface area contributed by atoms with Gasteiger partial charge in [-0.3, -0.25) is 14.9 Å². The third kappa shape index (κ3) is 6.78. The minimum absolute atomic E-state index is 0.0468. The van der Waals surface area contributed by atoms with E-state index >= 15 is 0 Å². The van der Waals surface area contributed by atoms with Crippen LogP contribution in [0.1, 0.15) is 24.9 Å². The molecule has 0 saturated carbocycles. The van der Waals surface area contributed by atoms with E-state index in [9.17, 15) is 22.8 Å². The number of nitrogens with one attached hydrogen (secondary N) is 1. The number of hydrogen-bond donors (Lipinski definition) is 2. The topological polar surface area (TPSA) is 104 Å². The Morgan fingerprint density at radius 2 is 2.18 bits per heavy atom. The molecular formula is C25H26ClF3N4O4S. The summed E-state index contributed by atoms with van der Waals surface area (Å²) in [5, 5.41) is 12.7. The monoisotopic (exact) mass is 570 g/mol. The number of amidine groups is 1. The summed E-state index contributed by atoms with van der Waals surface area (Å²) < 4.78 is 48.5. The standard InChI is InChI=1S/C25H26ClF3N4O4S/c1-2-37-24(36)20-18(12-33-11-14(3-6-19(34)35)10-25(28,29)13-33)31-22(23-30-7-8-38-23)32-21(20)16-5-4-15(27)9-17(16)26/h3-6,9,14,21H,2,7-8,10-13H2,1H3,(H,31,32)(H,34,35)/b6-3+/t14?,21-/m0/s1. The molecule has 3 aliphatic heterocycles. The lowest BCUT2D eigenvalue weighted by atomic mass is 9.92. The van der Waals surface area contributed by atoms with Crippen LogP contribution >= 0.6 is 23.4 Å². The van der Waals surface area contributed by atoms with E-state index in [2.05, 4.69) is 10.3 Å². The first-order chi connectivity index (χ1) is 18.1. The van der Waals surface area contributed by atoms with Crippen molar-refractivity contribution in [2.24, 2.45) is 15.9 Å². The van der Waals surface area contributed by atoms with Crippen molar-refractivity contribution in [3.05, 3.63) is 58.0 Å². The number of alkyl halides is 2. The molecule has 2 atom stereocenters. The molecule has 0 amide bonds. The van der Waals surface area contributed by atoms with Crippen molar-refractivity contribution < 1.29 is 32.6 Å². The zero-order chi connectivity index (χ0) is 27.4. The van der Waals surface area contributed by atoms with E-state index in [0.29, 0.717) is 23.0 Å². The molecule has 4 rings (SSSR count). The van der Waals surface area contributed by atoms with Gasteiger partial charge in [-0.1, -0.05) is 23.7 Å². The van der Waals surface area contributed by atoms with Crippen LogP contribution in [0.15, 0.2) is 51.6 Å². The Bertz CT molecular complexity index is 1240. The number of halogens is 4. The molecule has 0 radical (unpaired) electrons. The van der Waals surface area contributed by atoms with Crippen LogP contribution in [0.4, 0.5) is 13.2 Å². The molecular weight excluding hydrogens is 545 g/mol. The van der Waals surface area contributed by atoms with Crippen molar-refractivity contribution >= 4 is 46.2 Å². The summed E-state index contributed by atoms with van der Waals surface area (Å²) in [7, 11) is 0. The number of piperidine rings is 1. The maximum atomic E-state index is 14.7. The Balaban J connectivity index is 1.76. The molecule has 38 heavy (non-hydrogen) atoms. The van der Waals surface area contributed by atoms with Crippen molar-refractivity contribution in [2.45, 2.75) is 25.3 Å². The van der Waals surface area contributed by atoms with E-state index in [1.54, 1.807) is 6.92 Å². The van der Waals surface area contributed by atoms with Crippen molar-refractivity contribution in [1.82, 2.24) is 10.2 Å². The Kier molecular flexibility index (Phi) is 8.84. The second-order valence-electron chi connectivity index (χ2n) is 9.01. The fraction of sp³-hybridized carbons (Fsp3) is 0.440. The summed E-state index contributed by atoms with van der Waals surface area (Å²) in [5.41, 5.74) is 0.703. The normalized spacial score (nSPS) is 23.7. The molecule has 3 aliphatic rings. The molecule has 3 heterocycles. The number of esters is 1. The highest BCUT2D eigenvalue weighted by molar-refractivity contribution is 8.16. The van der Waals surface area contributed by atoms with Gasteiger partial charge in [0.2, 0.25) is 0 Å². The van der Waals surface area contributed by atoms with Crippen molar-refractivity contribution in [3.63, 3.8) is 0 Å². The lowest BCUT2D eigenvalue weighted by molar-refractivity contribution is -0.139. The molecule has 0 aliphatic carbocycles. The second kappa shape index (κ2) is 11.9. The zero-order valence-corrected chi connectivity index (χ0v) is 22.0. The summed E-state index contributed by atoms with van der Waals surface area (Å²) >= 11 is 7.83. The minimum atomic E-state index is -3.08. The van der Waals surface area contributed by atoms with Crippen LogP contribution < -0.4 is 5.32 Å². The average molecular weight is 571 g/mol. The Morgan fingerprint density at radius 1 is 1.39 bits per heavy atom. The Morgan fingerprint density at radius 3 is 2.84 bits per heavy atom. The van der Waals surface area contributed by atoms with Crippen LogP contribution in [0, 0.1) is 11.7 Å². The first-order valence-electron chi connectivity index (χ1n) is 11.9. The number of carbonyl (C=O) groups is 2. The van der Waals surface area contributed by atoms with E-state index < -0.39 is 48.6 Å². The molecule has 1 saturated heterocycles. The summed E-state index contributed by atoms with van der Waals surface area (Å²) in [6.07, 6.45) is 1.63. The lowest BCUT2D eigenvalue weighted by Crippen LogP contribution is -2.49. The fourth-order valence-electron chi connectivity index (χ4n) is 4.63. The predicted molar refractivity (Wildman–Crippen MR) is 139 cm³/mol. The van der Waals surface area contributed by atoms with Crippen LogP contribution in [0.5, 0.6) is 0 Å². The number of carboxylic acids is 1. The predicted octanol–water partition coefficient (Wildman–Crippen LogP) is 4.08. The summed E-state index contributed by atoms with van der Waals surface area (Å²) in [4.78, 5) is 34.8. The summed E-state index contributed by atoms with van der Waals surface area (Å²) in [6, 6.07) is 2.75. The van der Waals surface area contributed by atoms with Gasteiger partial charge < -0.3 is 15.2 Å². The van der Waals surface area contributed by atoms with Gasteiger partial charge in [0.05, 0.1) is 18.7 Å². The van der Waals surface area contributed by atoms with Crippen LogP contribution in [0.3, 0.4) is 0 Å². The highest BCUT2D eigenvalue weighted by atomic mass is 35.5. The van der Waals surface area contributed by atoms with Gasteiger partial charge in [0.1, 0.15) is 16.9 Å². The van der Waals surface area contributed by atoms with Gasteiger partial charge >= 0.3 is 11.9 Å². The first-order valence-corrected chi connectivity index (χ1v) is 13.3. The maximum absolute atomic E-state index is 14.7. The molecule has 204 valence electrons. The molecule has 0 bridgehead atoms. The van der Waals surface area contributed by atoms with E-state index in [1.807, 2.05) is 0 Å². The average Bonchev–Trinajstić information content (AvgIpc) is 3.37. The molecule has 13 heteroatoms. The number of ether oxygens (including phenoxy) is 1. The molecule has 1 fully saturated rings. The minimum Gasteiger partial charge on any atom is -0.478 e. The summed E-state index contributed by atoms with van der Waals surface area (Å²) in [5.74, 6) is -5.20. The molecule has 1 aromatic rings. The van der Waals surface area contributed by atoms with Crippen LogP contribution in [0.2, 0.25) is 5.02 Å². The number of rotatable bonds is 8. The first kappa shape index (κ1) is 28.2. The number of carboxylic acid groups (broad SMARTS) is 1. The van der Waals surface area contributed by atoms with Gasteiger partial charge in [-0.15, -0.1) is 11.8 Å². The van der Waals surface area contributed by atoms with Gasteiger partial charge in [0.25, 0.3) is 5.92 Å². The van der Waals surface area contributed by atoms with Crippen LogP contribution in [-0.2, 0) is 14.3 Å². The number of aliphatic imine (C=N–C) groups is 2. The fourth-order valence-corrected chi connectivity index (χ4v) is 5.70. The molecule has 0 spiro atoms. The maximum Gasteiger partial charge on any atom is 0.338 e. The molecule has 8 nitrogen and oxygen atoms in total. The zero-order valence-electron chi connectivity index (χ0n) is 20.4. The smallest absolute Gasteiger partial charge is 0.338 e. The van der Waals surface area contributed by atoms with Gasteiger partial charge in [0, 0.05) is 54.2 Å². The molecule has 1 unspecified atom stereocenters. The number of hydrogen-bond acceptors (Lipinski definition) is 8. The quantitative estimate of drug-likeness (QED) is 0.358. The van der Waals surface area contributed by atoms with Gasteiger partial charge in [0.15, 0.2) is 5.84 Å². The van der Waals surface area contributed by atoms with Crippen LogP contribution in [-0.4, -0.2) is 77.3 Å². The van der Waals surface area contributed by atoms with Crippen LogP contribution in [0.25, 0.3) is 0 Å². The van der Waals surface area contributed by atoms with Crippen molar-refractivity contribution in [2.75, 3.05) is 38.5 Å². The molecule has 2 N–H and O–H groups in total. The largest absolute Gasteiger partial charge is 0.478 e. The van der Waals surface area contributed by atoms with E-state index in [4.69, 9.17) is 26.4 Å². The number of aliphatic carboxylic acids is 1. The molecule has 1 aromatic carbocycles. The number of nitrogens with zero attached hydrogens (tertiary/aromatic N) is 3. The Hall–Kier alpha value is -2.83. The van der Waals surface area contributed by atoms with Crippen molar-refractivity contribution in [1.29, 1.82) is 0 Å². The van der Waals surface area contributed by atoms with E-state index in [-0.39, 0.29) is 36.0 Å². The second-order valence-corrected chi connectivity index (χ2v) is 10.5. The number of likely N-dealkylation sites (tertiary alicyclic amines) is 1. The SMILES string of the molecule is CCOC(=O)C1=C(CN2CC(/C=C/C(=O)O)CC(F)(F)C2)NC(C2=NCCS2)=N[C@H]1c1ccc(F)cc1Cl. The highest BCUT2D eigenvalue weighted by Crippen LogP contribution is 2.38. The number of thioether (sulfide) groups is 1. The van der Waals surface area contributed by atoms with Gasteiger partial charge in [-0.05, 0) is 25.0 Å². The van der Waals surface area contributed by atoms with Gasteiger partial charge in [-0.25, -0.2) is 22.8 Å². The summed E-state index contributed by atoms with van der Waals surface area (Å²) in [6.45, 7) is 1.72. The Labute approximate surface area is 226 Å². The molecule has 0 aromatic heterocycles. The van der Waals surface area contributed by atoms with E-state index in [1.165, 1.54) is 34.9 Å². The third-order valence-corrected chi connectivity index (χ3v) is 7.38. The van der Waals surface area contributed by atoms with Gasteiger partial charge in [-0.2, -0.15) is 0 Å². The lowest BCUT2D eigenvalue weighted by Gasteiger charge is -2.38. The number of carbonyl (C=O) groups excluding carboxylic acids is 1. The van der Waals surface area contributed by atoms with E-state index in [0.717, 1.165) is 17.9 Å². The third-order valence-electron chi connectivity index (χ3n) is 6.07. The number of benzene rings is 1. The highest BCUT2D eigenvalue weighted by Gasteiger charge is 2.41.